The lowest BCUT2D eigenvalue weighted by atomic mass is 9.64. The fraction of sp³-hybridized carbons (Fsp3) is 0.368. The average Bonchev–Trinajstić information content (AvgIpc) is 2.50. The summed E-state index contributed by atoms with van der Waals surface area (Å²) in [6.07, 6.45) is 2.35. The Morgan fingerprint density at radius 3 is 1.65 bits per heavy atom. The summed E-state index contributed by atoms with van der Waals surface area (Å²) >= 11 is 3.60. The van der Waals surface area contributed by atoms with Crippen molar-refractivity contribution in [3.05, 3.63) is 71.8 Å². The third-order valence-electron chi connectivity index (χ3n) is 4.27. The predicted molar refractivity (Wildman–Crippen MR) is 91.5 cm³/mol. The lowest BCUT2D eigenvalue weighted by molar-refractivity contribution is 0.343. The Morgan fingerprint density at radius 2 is 1.30 bits per heavy atom. The number of hydrogen-bond acceptors (Lipinski definition) is 0. The summed E-state index contributed by atoms with van der Waals surface area (Å²) < 4.78 is 0. The molecule has 106 valence electrons. The molecule has 0 bridgehead atoms. The Kier molecular flexibility index (Phi) is 5.42. The maximum absolute atomic E-state index is 3.60. The van der Waals surface area contributed by atoms with Crippen LogP contribution in [0.5, 0.6) is 0 Å². The van der Waals surface area contributed by atoms with E-state index in [-0.39, 0.29) is 5.41 Å². The molecule has 0 aliphatic heterocycles. The van der Waals surface area contributed by atoms with Crippen LogP contribution in [-0.4, -0.2) is 5.33 Å². The zero-order valence-electron chi connectivity index (χ0n) is 12.4. The predicted octanol–water partition coefficient (Wildman–Crippen LogP) is 5.80. The van der Waals surface area contributed by atoms with E-state index >= 15 is 0 Å². The third kappa shape index (κ3) is 2.98. The molecule has 0 fully saturated rings. The van der Waals surface area contributed by atoms with Gasteiger partial charge in [0.25, 0.3) is 0 Å². The molecule has 0 heterocycles. The van der Waals surface area contributed by atoms with E-state index in [1.165, 1.54) is 24.0 Å². The Hall–Kier alpha value is -1.08. The van der Waals surface area contributed by atoms with E-state index in [1.54, 1.807) is 0 Å². The van der Waals surface area contributed by atoms with Crippen LogP contribution in [0, 0.1) is 5.92 Å². The van der Waals surface area contributed by atoms with Gasteiger partial charge in [0, 0.05) is 10.7 Å². The summed E-state index contributed by atoms with van der Waals surface area (Å²) in [5.74, 6) is 0.561. The Bertz CT molecular complexity index is 462. The highest BCUT2D eigenvalue weighted by atomic mass is 79.9. The molecule has 0 radical (unpaired) electrons. The van der Waals surface area contributed by atoms with Gasteiger partial charge in [0.1, 0.15) is 0 Å². The molecule has 0 aromatic heterocycles. The number of hydrogen-bond donors (Lipinski definition) is 0. The second-order valence-corrected chi connectivity index (χ2v) is 6.44. The smallest absolute Gasteiger partial charge is 0.0226 e. The van der Waals surface area contributed by atoms with Crippen LogP contribution in [0.3, 0.4) is 0 Å². The zero-order valence-corrected chi connectivity index (χ0v) is 13.9. The molecule has 0 saturated carbocycles. The molecule has 0 spiro atoms. The van der Waals surface area contributed by atoms with E-state index in [0.29, 0.717) is 5.92 Å². The number of benzene rings is 2. The lowest BCUT2D eigenvalue weighted by Crippen LogP contribution is -2.34. The summed E-state index contributed by atoms with van der Waals surface area (Å²) in [7, 11) is 0. The van der Waals surface area contributed by atoms with Crippen LogP contribution in [0.4, 0.5) is 0 Å². The molecule has 0 N–H and O–H groups in total. The zero-order chi connectivity index (χ0) is 14.4. The highest BCUT2D eigenvalue weighted by molar-refractivity contribution is 9.09. The Balaban J connectivity index is 2.57. The fourth-order valence-corrected chi connectivity index (χ4v) is 3.51. The van der Waals surface area contributed by atoms with Gasteiger partial charge in [-0.3, -0.25) is 0 Å². The molecule has 0 saturated heterocycles. The lowest BCUT2D eigenvalue weighted by Gasteiger charge is -2.39. The van der Waals surface area contributed by atoms with Crippen molar-refractivity contribution in [3.8, 4) is 0 Å². The van der Waals surface area contributed by atoms with Crippen molar-refractivity contribution in [3.63, 3.8) is 0 Å². The summed E-state index contributed by atoms with van der Waals surface area (Å²) in [4.78, 5) is 0. The van der Waals surface area contributed by atoms with E-state index in [1.807, 2.05) is 0 Å². The molecule has 1 heteroatoms. The Morgan fingerprint density at radius 1 is 0.850 bits per heavy atom. The first-order valence-electron chi connectivity index (χ1n) is 7.39. The largest absolute Gasteiger partial charge is 0.0928 e. The maximum atomic E-state index is 3.60. The second-order valence-electron chi connectivity index (χ2n) is 5.65. The van der Waals surface area contributed by atoms with Gasteiger partial charge >= 0.3 is 0 Å². The molecule has 2 aromatic carbocycles. The SMILES string of the molecule is CC(C)C(CCCBr)(c1ccccc1)c1ccccc1. The van der Waals surface area contributed by atoms with Crippen LogP contribution in [-0.2, 0) is 5.41 Å². The molecule has 0 unspecified atom stereocenters. The summed E-state index contributed by atoms with van der Waals surface area (Å²) in [6, 6.07) is 21.9. The topological polar surface area (TPSA) is 0 Å². The standard InChI is InChI=1S/C19H23Br/c1-16(2)19(14-9-15-20,17-10-5-3-6-11-17)18-12-7-4-8-13-18/h3-8,10-13,16H,9,14-15H2,1-2H3. The van der Waals surface area contributed by atoms with Crippen molar-refractivity contribution in [2.45, 2.75) is 32.1 Å². The quantitative estimate of drug-likeness (QED) is 0.587. The van der Waals surface area contributed by atoms with Gasteiger partial charge in [-0.05, 0) is 29.9 Å². The molecule has 0 amide bonds. The van der Waals surface area contributed by atoms with E-state index in [0.717, 1.165) is 5.33 Å². The van der Waals surface area contributed by atoms with E-state index in [9.17, 15) is 0 Å². The summed E-state index contributed by atoms with van der Waals surface area (Å²) in [6.45, 7) is 4.68. The Labute approximate surface area is 131 Å². The highest BCUT2D eigenvalue weighted by Crippen LogP contribution is 2.43. The highest BCUT2D eigenvalue weighted by Gasteiger charge is 2.36. The maximum Gasteiger partial charge on any atom is 0.0226 e. The van der Waals surface area contributed by atoms with Gasteiger partial charge in [0.15, 0.2) is 0 Å². The van der Waals surface area contributed by atoms with Gasteiger partial charge in [-0.2, -0.15) is 0 Å². The third-order valence-corrected chi connectivity index (χ3v) is 4.83. The molecule has 0 atom stereocenters. The monoisotopic (exact) mass is 330 g/mol. The van der Waals surface area contributed by atoms with E-state index < -0.39 is 0 Å². The molecule has 0 aliphatic rings. The molecule has 2 rings (SSSR count). The van der Waals surface area contributed by atoms with Gasteiger partial charge in [0.05, 0.1) is 0 Å². The average molecular weight is 331 g/mol. The van der Waals surface area contributed by atoms with Gasteiger partial charge in [0.2, 0.25) is 0 Å². The molecule has 2 aromatic rings. The van der Waals surface area contributed by atoms with Gasteiger partial charge < -0.3 is 0 Å². The van der Waals surface area contributed by atoms with Gasteiger partial charge in [-0.25, -0.2) is 0 Å². The first-order valence-corrected chi connectivity index (χ1v) is 8.51. The van der Waals surface area contributed by atoms with Crippen LogP contribution in [0.1, 0.15) is 37.8 Å². The minimum atomic E-state index is 0.107. The number of alkyl halides is 1. The van der Waals surface area contributed by atoms with Crippen molar-refractivity contribution in [1.29, 1.82) is 0 Å². The van der Waals surface area contributed by atoms with E-state index in [2.05, 4.69) is 90.4 Å². The van der Waals surface area contributed by atoms with Crippen LogP contribution in [0.2, 0.25) is 0 Å². The fourth-order valence-electron chi connectivity index (χ4n) is 3.23. The number of rotatable bonds is 6. The molecular weight excluding hydrogens is 308 g/mol. The first kappa shape index (κ1) is 15.3. The van der Waals surface area contributed by atoms with Crippen molar-refractivity contribution in [1.82, 2.24) is 0 Å². The van der Waals surface area contributed by atoms with Crippen molar-refractivity contribution in [2.75, 3.05) is 5.33 Å². The summed E-state index contributed by atoms with van der Waals surface area (Å²) in [5, 5.41) is 1.06. The minimum Gasteiger partial charge on any atom is -0.0928 e. The normalized spacial score (nSPS) is 11.8. The van der Waals surface area contributed by atoms with Crippen LogP contribution >= 0.6 is 15.9 Å². The van der Waals surface area contributed by atoms with Gasteiger partial charge in [-0.1, -0.05) is 90.4 Å². The van der Waals surface area contributed by atoms with Crippen LogP contribution in [0.25, 0.3) is 0 Å². The summed E-state index contributed by atoms with van der Waals surface area (Å²) in [5.41, 5.74) is 2.97. The van der Waals surface area contributed by atoms with Gasteiger partial charge in [-0.15, -0.1) is 0 Å². The minimum absolute atomic E-state index is 0.107. The van der Waals surface area contributed by atoms with Crippen molar-refractivity contribution in [2.24, 2.45) is 5.92 Å². The van der Waals surface area contributed by atoms with Crippen molar-refractivity contribution >= 4 is 15.9 Å². The molecule has 0 aliphatic carbocycles. The molecule has 20 heavy (non-hydrogen) atoms. The van der Waals surface area contributed by atoms with Crippen LogP contribution < -0.4 is 0 Å². The van der Waals surface area contributed by atoms with Crippen LogP contribution in [0.15, 0.2) is 60.7 Å². The number of halogens is 1. The second kappa shape index (κ2) is 7.08. The van der Waals surface area contributed by atoms with Crippen molar-refractivity contribution < 1.29 is 0 Å². The first-order chi connectivity index (χ1) is 9.71. The molecular formula is C19H23Br. The molecule has 0 nitrogen and oxygen atoms in total. The van der Waals surface area contributed by atoms with E-state index in [4.69, 9.17) is 0 Å².